The molecule has 0 N–H and O–H groups in total. The van der Waals surface area contributed by atoms with Gasteiger partial charge in [0.1, 0.15) is 0 Å². The molecular weight excluding hydrogens is 220 g/mol. The number of benzene rings is 1. The van der Waals surface area contributed by atoms with Gasteiger partial charge >= 0.3 is 0 Å². The fourth-order valence-electron chi connectivity index (χ4n) is 2.09. The highest BCUT2D eigenvalue weighted by atomic mass is 35.5. The summed E-state index contributed by atoms with van der Waals surface area (Å²) in [6.07, 6.45) is 2.25. The second-order valence-electron chi connectivity index (χ2n) is 4.76. The van der Waals surface area contributed by atoms with Gasteiger partial charge in [-0.25, -0.2) is 0 Å². The van der Waals surface area contributed by atoms with Crippen LogP contribution in [0.1, 0.15) is 29.8 Å². The van der Waals surface area contributed by atoms with Crippen LogP contribution in [-0.4, -0.2) is 13.7 Å². The molecule has 2 rings (SSSR count). The van der Waals surface area contributed by atoms with Crippen molar-refractivity contribution >= 4 is 11.6 Å². The van der Waals surface area contributed by atoms with E-state index in [0.717, 1.165) is 18.9 Å². The van der Waals surface area contributed by atoms with Gasteiger partial charge in [0.05, 0.1) is 12.0 Å². The molecule has 1 aliphatic rings. The Hall–Kier alpha value is -0.530. The summed E-state index contributed by atoms with van der Waals surface area (Å²) >= 11 is 6.43. The van der Waals surface area contributed by atoms with Gasteiger partial charge in [-0.15, -0.1) is 11.6 Å². The maximum absolute atomic E-state index is 6.43. The lowest BCUT2D eigenvalue weighted by Gasteiger charge is -2.09. The first-order valence-corrected chi connectivity index (χ1v) is 6.38. The first kappa shape index (κ1) is 11.9. The molecule has 3 atom stereocenters. The number of alkyl halides is 1. The van der Waals surface area contributed by atoms with E-state index < -0.39 is 0 Å². The third-order valence-electron chi connectivity index (χ3n) is 3.44. The normalized spacial score (nSPS) is 25.4. The van der Waals surface area contributed by atoms with Gasteiger partial charge in [0.2, 0.25) is 0 Å². The predicted molar refractivity (Wildman–Crippen MR) is 67.9 cm³/mol. The van der Waals surface area contributed by atoms with Crippen LogP contribution in [-0.2, 0) is 11.2 Å². The molecule has 1 saturated carbocycles. The van der Waals surface area contributed by atoms with Crippen LogP contribution in [0.2, 0.25) is 0 Å². The molecule has 0 heterocycles. The average molecular weight is 239 g/mol. The number of hydrogen-bond donors (Lipinski definition) is 0. The number of rotatable bonds is 5. The van der Waals surface area contributed by atoms with Crippen LogP contribution in [0.25, 0.3) is 0 Å². The molecular formula is C14H19ClO. The number of methoxy groups -OCH3 is 1. The fourth-order valence-corrected chi connectivity index (χ4v) is 2.59. The minimum absolute atomic E-state index is 0.200. The molecule has 1 nitrogen and oxygen atoms in total. The van der Waals surface area contributed by atoms with Crippen LogP contribution in [0.5, 0.6) is 0 Å². The van der Waals surface area contributed by atoms with Crippen molar-refractivity contribution in [3.05, 3.63) is 35.4 Å². The molecule has 2 heteroatoms. The molecule has 1 aromatic rings. The SMILES string of the molecule is COCCc1ccc(C(Cl)C2CC2C)cc1. The Morgan fingerprint density at radius 2 is 2.00 bits per heavy atom. The van der Waals surface area contributed by atoms with Gasteiger partial charge in [-0.3, -0.25) is 0 Å². The topological polar surface area (TPSA) is 9.23 Å². The molecule has 0 aromatic heterocycles. The third kappa shape index (κ3) is 2.78. The van der Waals surface area contributed by atoms with Crippen molar-refractivity contribution < 1.29 is 4.74 Å². The highest BCUT2D eigenvalue weighted by Gasteiger charge is 2.39. The smallest absolute Gasteiger partial charge is 0.0616 e. The fraction of sp³-hybridized carbons (Fsp3) is 0.571. The molecule has 0 spiro atoms. The predicted octanol–water partition coefficient (Wildman–Crippen LogP) is 3.81. The zero-order valence-electron chi connectivity index (χ0n) is 9.95. The van der Waals surface area contributed by atoms with Crippen molar-refractivity contribution in [3.63, 3.8) is 0 Å². The third-order valence-corrected chi connectivity index (χ3v) is 4.02. The van der Waals surface area contributed by atoms with Crippen LogP contribution in [0, 0.1) is 11.8 Å². The van der Waals surface area contributed by atoms with E-state index >= 15 is 0 Å². The van der Waals surface area contributed by atoms with Crippen molar-refractivity contribution in [2.45, 2.75) is 25.1 Å². The largest absolute Gasteiger partial charge is 0.384 e. The van der Waals surface area contributed by atoms with E-state index in [9.17, 15) is 0 Å². The van der Waals surface area contributed by atoms with E-state index in [1.54, 1.807) is 7.11 Å². The van der Waals surface area contributed by atoms with Crippen molar-refractivity contribution in [1.82, 2.24) is 0 Å². The highest BCUT2D eigenvalue weighted by molar-refractivity contribution is 6.21. The number of hydrogen-bond acceptors (Lipinski definition) is 1. The highest BCUT2D eigenvalue weighted by Crippen LogP contribution is 2.50. The molecule has 16 heavy (non-hydrogen) atoms. The quantitative estimate of drug-likeness (QED) is 0.709. The number of ether oxygens (including phenoxy) is 1. The Balaban J connectivity index is 1.96. The van der Waals surface area contributed by atoms with E-state index in [0.29, 0.717) is 5.92 Å². The van der Waals surface area contributed by atoms with Gasteiger partial charge in [0.25, 0.3) is 0 Å². The maximum atomic E-state index is 6.43. The van der Waals surface area contributed by atoms with E-state index in [4.69, 9.17) is 16.3 Å². The van der Waals surface area contributed by atoms with Crippen molar-refractivity contribution in [1.29, 1.82) is 0 Å². The van der Waals surface area contributed by atoms with Crippen LogP contribution in [0.15, 0.2) is 24.3 Å². The van der Waals surface area contributed by atoms with Crippen molar-refractivity contribution in [2.75, 3.05) is 13.7 Å². The van der Waals surface area contributed by atoms with Crippen LogP contribution < -0.4 is 0 Å². The second kappa shape index (κ2) is 5.20. The molecule has 0 amide bonds. The Morgan fingerprint density at radius 1 is 1.38 bits per heavy atom. The first-order valence-electron chi connectivity index (χ1n) is 5.94. The summed E-state index contributed by atoms with van der Waals surface area (Å²) in [6.45, 7) is 3.05. The molecule has 3 unspecified atom stereocenters. The summed E-state index contributed by atoms with van der Waals surface area (Å²) in [4.78, 5) is 0. The summed E-state index contributed by atoms with van der Waals surface area (Å²) in [5.41, 5.74) is 2.58. The van der Waals surface area contributed by atoms with Gasteiger partial charge in [0, 0.05) is 7.11 Å². The van der Waals surface area contributed by atoms with Crippen LogP contribution >= 0.6 is 11.6 Å². The second-order valence-corrected chi connectivity index (χ2v) is 5.23. The summed E-state index contributed by atoms with van der Waals surface area (Å²) in [5, 5.41) is 0.200. The summed E-state index contributed by atoms with van der Waals surface area (Å²) in [6, 6.07) is 8.65. The van der Waals surface area contributed by atoms with Gasteiger partial charge in [-0.05, 0) is 35.8 Å². The molecule has 0 bridgehead atoms. The standard InChI is InChI=1S/C14H19ClO/c1-10-9-13(10)14(15)12-5-3-11(4-6-12)7-8-16-2/h3-6,10,13-14H,7-9H2,1-2H3. The maximum Gasteiger partial charge on any atom is 0.0616 e. The molecule has 1 aromatic carbocycles. The van der Waals surface area contributed by atoms with E-state index in [2.05, 4.69) is 31.2 Å². The zero-order chi connectivity index (χ0) is 11.5. The van der Waals surface area contributed by atoms with E-state index in [-0.39, 0.29) is 5.38 Å². The lowest BCUT2D eigenvalue weighted by molar-refractivity contribution is 0.202. The Morgan fingerprint density at radius 3 is 2.50 bits per heavy atom. The van der Waals surface area contributed by atoms with Crippen molar-refractivity contribution in [2.24, 2.45) is 11.8 Å². The molecule has 88 valence electrons. The lowest BCUT2D eigenvalue weighted by atomic mass is 10.0. The minimum Gasteiger partial charge on any atom is -0.384 e. The zero-order valence-corrected chi connectivity index (χ0v) is 10.7. The lowest BCUT2D eigenvalue weighted by Crippen LogP contribution is -1.97. The van der Waals surface area contributed by atoms with Gasteiger partial charge in [-0.1, -0.05) is 31.2 Å². The Kier molecular flexibility index (Phi) is 3.88. The van der Waals surface area contributed by atoms with Gasteiger partial charge < -0.3 is 4.74 Å². The Bertz CT molecular complexity index is 333. The monoisotopic (exact) mass is 238 g/mol. The molecule has 1 aliphatic carbocycles. The average Bonchev–Trinajstić information content (AvgIpc) is 3.03. The van der Waals surface area contributed by atoms with E-state index in [1.165, 1.54) is 17.5 Å². The van der Waals surface area contributed by atoms with Crippen LogP contribution in [0.3, 0.4) is 0 Å². The molecule has 0 saturated heterocycles. The Labute approximate surface area is 103 Å². The minimum atomic E-state index is 0.200. The first-order chi connectivity index (χ1) is 7.72. The number of halogens is 1. The summed E-state index contributed by atoms with van der Waals surface area (Å²) < 4.78 is 5.06. The van der Waals surface area contributed by atoms with Crippen LogP contribution in [0.4, 0.5) is 0 Å². The summed E-state index contributed by atoms with van der Waals surface area (Å²) in [7, 11) is 1.73. The molecule has 1 fully saturated rings. The summed E-state index contributed by atoms with van der Waals surface area (Å²) in [5.74, 6) is 1.49. The van der Waals surface area contributed by atoms with Gasteiger partial charge in [0.15, 0.2) is 0 Å². The molecule has 0 aliphatic heterocycles. The van der Waals surface area contributed by atoms with Crippen molar-refractivity contribution in [3.8, 4) is 0 Å². The van der Waals surface area contributed by atoms with Gasteiger partial charge in [-0.2, -0.15) is 0 Å². The molecule has 0 radical (unpaired) electrons. The van der Waals surface area contributed by atoms with E-state index in [1.807, 2.05) is 0 Å².